The molecule has 2 aromatic carbocycles. The predicted octanol–water partition coefficient (Wildman–Crippen LogP) is 7.11. The van der Waals surface area contributed by atoms with Crippen LogP contribution < -0.4 is 15.1 Å². The summed E-state index contributed by atoms with van der Waals surface area (Å²) in [6.45, 7) is 6.09. The Morgan fingerprint density at radius 3 is 2.05 bits per heavy atom. The van der Waals surface area contributed by atoms with Gasteiger partial charge in [-0.3, -0.25) is 14.8 Å². The third-order valence-electron chi connectivity index (χ3n) is 7.61. The molecule has 38 heavy (non-hydrogen) atoms. The Kier molecular flexibility index (Phi) is 12.2. The summed E-state index contributed by atoms with van der Waals surface area (Å²) in [4.78, 5) is 25.2. The SMILES string of the molecule is CC1CCC(N2CCN(c3ccccc3)CC2)(N(C(=O)Nc2cccnc2)c2ccccc2)CC1.Cl.Cl.Cl. The molecule has 0 spiro atoms. The van der Waals surface area contributed by atoms with Gasteiger partial charge in [0.05, 0.1) is 11.9 Å². The number of piperazine rings is 1. The molecule has 1 aliphatic carbocycles. The molecule has 3 aromatic rings. The maximum atomic E-state index is 14.0. The number of nitrogens with one attached hydrogen (secondary N) is 1. The summed E-state index contributed by atoms with van der Waals surface area (Å²) < 4.78 is 0. The average molecular weight is 579 g/mol. The molecule has 9 heteroatoms. The number of amides is 2. The van der Waals surface area contributed by atoms with Crippen molar-refractivity contribution < 1.29 is 4.79 Å². The molecule has 1 aromatic heterocycles. The lowest BCUT2D eigenvalue weighted by Crippen LogP contribution is -2.68. The molecule has 206 valence electrons. The minimum absolute atomic E-state index is 0. The Hall–Kier alpha value is -2.51. The standard InChI is InChI=1S/C29H35N5O.3ClH/c1-24-14-16-29(17-15-24,33-21-19-32(20-22-33)26-10-4-2-5-11-26)34(27-12-6-3-7-13-27)28(35)31-25-9-8-18-30-23-25;;;/h2-13,18,23-24H,14-17,19-22H2,1H3,(H,31,35);3*1H. The number of pyridine rings is 1. The van der Waals surface area contributed by atoms with Crippen LogP contribution in [0, 0.1) is 5.92 Å². The summed E-state index contributed by atoms with van der Waals surface area (Å²) in [6, 6.07) is 24.5. The molecule has 2 heterocycles. The Bertz CT molecular complexity index is 1090. The second kappa shape index (κ2) is 14.6. The van der Waals surface area contributed by atoms with Gasteiger partial charge in [0.1, 0.15) is 5.66 Å². The second-order valence-corrected chi connectivity index (χ2v) is 9.82. The molecule has 2 fully saturated rings. The summed E-state index contributed by atoms with van der Waals surface area (Å²) in [5.74, 6) is 0.674. The van der Waals surface area contributed by atoms with Gasteiger partial charge in [-0.2, -0.15) is 0 Å². The van der Waals surface area contributed by atoms with Crippen molar-refractivity contribution in [2.24, 2.45) is 5.92 Å². The maximum absolute atomic E-state index is 14.0. The minimum Gasteiger partial charge on any atom is -0.369 e. The van der Waals surface area contributed by atoms with E-state index in [1.807, 2.05) is 35.2 Å². The molecule has 1 aliphatic heterocycles. The van der Waals surface area contributed by atoms with Crippen molar-refractivity contribution in [2.75, 3.05) is 41.3 Å². The van der Waals surface area contributed by atoms with Crippen LogP contribution in [-0.2, 0) is 0 Å². The van der Waals surface area contributed by atoms with Gasteiger partial charge in [0.25, 0.3) is 0 Å². The number of halogens is 3. The van der Waals surface area contributed by atoms with Crippen molar-refractivity contribution in [1.29, 1.82) is 0 Å². The fourth-order valence-corrected chi connectivity index (χ4v) is 5.67. The van der Waals surface area contributed by atoms with Crippen LogP contribution in [0.4, 0.5) is 21.9 Å². The number of urea groups is 1. The number of aromatic nitrogens is 1. The fourth-order valence-electron chi connectivity index (χ4n) is 5.67. The Morgan fingerprint density at radius 2 is 1.47 bits per heavy atom. The van der Waals surface area contributed by atoms with Gasteiger partial charge in [-0.05, 0) is 68.0 Å². The first kappa shape index (κ1) is 31.7. The fraction of sp³-hybridized carbons (Fsp3) is 0.379. The number of hydrogen-bond acceptors (Lipinski definition) is 4. The zero-order valence-electron chi connectivity index (χ0n) is 21.7. The smallest absolute Gasteiger partial charge is 0.327 e. The molecule has 6 nitrogen and oxygen atoms in total. The number of rotatable bonds is 5. The van der Waals surface area contributed by atoms with Gasteiger partial charge in [0, 0.05) is 43.8 Å². The van der Waals surface area contributed by atoms with Crippen molar-refractivity contribution in [2.45, 2.75) is 38.3 Å². The average Bonchev–Trinajstić information content (AvgIpc) is 2.92. The highest BCUT2D eigenvalue weighted by atomic mass is 35.5. The largest absolute Gasteiger partial charge is 0.369 e. The van der Waals surface area contributed by atoms with E-state index in [0.29, 0.717) is 11.6 Å². The molecular weight excluding hydrogens is 541 g/mol. The van der Waals surface area contributed by atoms with Crippen LogP contribution in [0.2, 0.25) is 0 Å². The molecule has 1 N–H and O–H groups in total. The first-order valence-corrected chi connectivity index (χ1v) is 12.8. The number of anilines is 3. The van der Waals surface area contributed by atoms with Crippen LogP contribution in [0.5, 0.6) is 0 Å². The summed E-state index contributed by atoms with van der Waals surface area (Å²) in [5.41, 5.74) is 2.57. The van der Waals surface area contributed by atoms with Crippen LogP contribution in [-0.4, -0.2) is 47.8 Å². The first-order chi connectivity index (χ1) is 17.2. The van der Waals surface area contributed by atoms with E-state index in [1.165, 1.54) is 5.69 Å². The lowest BCUT2D eigenvalue weighted by atomic mass is 9.80. The number of hydrogen-bond donors (Lipinski definition) is 1. The lowest BCUT2D eigenvalue weighted by Gasteiger charge is -2.55. The zero-order chi connectivity index (χ0) is 24.1. The van der Waals surface area contributed by atoms with Gasteiger partial charge in [-0.1, -0.05) is 43.3 Å². The van der Waals surface area contributed by atoms with E-state index in [4.69, 9.17) is 0 Å². The van der Waals surface area contributed by atoms with Crippen LogP contribution in [0.25, 0.3) is 0 Å². The van der Waals surface area contributed by atoms with E-state index in [2.05, 4.69) is 69.5 Å². The molecule has 0 bridgehead atoms. The van der Waals surface area contributed by atoms with E-state index >= 15 is 0 Å². The molecule has 5 rings (SSSR count). The van der Waals surface area contributed by atoms with Crippen LogP contribution in [0.1, 0.15) is 32.6 Å². The Morgan fingerprint density at radius 1 is 0.868 bits per heavy atom. The molecule has 0 atom stereocenters. The van der Waals surface area contributed by atoms with Gasteiger partial charge < -0.3 is 10.2 Å². The lowest BCUT2D eigenvalue weighted by molar-refractivity contribution is 0.0366. The van der Waals surface area contributed by atoms with Crippen LogP contribution in [0.3, 0.4) is 0 Å². The quantitative estimate of drug-likeness (QED) is 0.350. The molecular formula is C29H38Cl3N5O. The highest BCUT2D eigenvalue weighted by Gasteiger charge is 2.48. The van der Waals surface area contributed by atoms with Crippen molar-refractivity contribution in [3.63, 3.8) is 0 Å². The highest BCUT2D eigenvalue weighted by molar-refractivity contribution is 6.02. The van der Waals surface area contributed by atoms with Crippen molar-refractivity contribution in [3.05, 3.63) is 85.2 Å². The molecule has 1 saturated heterocycles. The summed E-state index contributed by atoms with van der Waals surface area (Å²) in [7, 11) is 0. The number of para-hydroxylation sites is 2. The topological polar surface area (TPSA) is 51.7 Å². The Labute approximate surface area is 245 Å². The van der Waals surface area contributed by atoms with Gasteiger partial charge in [-0.25, -0.2) is 4.79 Å². The molecule has 1 saturated carbocycles. The summed E-state index contributed by atoms with van der Waals surface area (Å²) in [6.07, 6.45) is 7.59. The molecule has 0 radical (unpaired) electrons. The van der Waals surface area contributed by atoms with Gasteiger partial charge in [-0.15, -0.1) is 37.2 Å². The molecule has 0 unspecified atom stereocenters. The monoisotopic (exact) mass is 577 g/mol. The number of nitrogens with zero attached hydrogens (tertiary/aromatic N) is 4. The predicted molar refractivity (Wildman–Crippen MR) is 165 cm³/mol. The minimum atomic E-state index is -0.358. The summed E-state index contributed by atoms with van der Waals surface area (Å²) >= 11 is 0. The number of carbonyl (C=O) groups is 1. The van der Waals surface area contributed by atoms with Gasteiger partial charge in [0.15, 0.2) is 0 Å². The first-order valence-electron chi connectivity index (χ1n) is 12.8. The van der Waals surface area contributed by atoms with Crippen molar-refractivity contribution in [1.82, 2.24) is 9.88 Å². The maximum Gasteiger partial charge on any atom is 0.327 e. The van der Waals surface area contributed by atoms with E-state index < -0.39 is 0 Å². The Balaban J connectivity index is 0.00000169. The van der Waals surface area contributed by atoms with Crippen LogP contribution in [0.15, 0.2) is 85.2 Å². The molecule has 2 aliphatic rings. The van der Waals surface area contributed by atoms with E-state index in [1.54, 1.807) is 12.4 Å². The normalized spacial score (nSPS) is 21.2. The number of carbonyl (C=O) groups excluding carboxylic acids is 1. The highest BCUT2D eigenvalue weighted by Crippen LogP contribution is 2.42. The third-order valence-corrected chi connectivity index (χ3v) is 7.61. The van der Waals surface area contributed by atoms with E-state index in [0.717, 1.165) is 57.5 Å². The van der Waals surface area contributed by atoms with Gasteiger partial charge in [0.2, 0.25) is 0 Å². The molecule has 2 amide bonds. The third kappa shape index (κ3) is 6.92. The van der Waals surface area contributed by atoms with E-state index in [9.17, 15) is 4.79 Å². The zero-order valence-corrected chi connectivity index (χ0v) is 24.2. The van der Waals surface area contributed by atoms with Crippen molar-refractivity contribution in [3.8, 4) is 0 Å². The van der Waals surface area contributed by atoms with E-state index in [-0.39, 0.29) is 48.9 Å². The number of benzene rings is 2. The summed E-state index contributed by atoms with van der Waals surface area (Å²) in [5, 5.41) is 3.13. The van der Waals surface area contributed by atoms with Gasteiger partial charge >= 0.3 is 6.03 Å². The van der Waals surface area contributed by atoms with Crippen LogP contribution >= 0.6 is 37.2 Å². The van der Waals surface area contributed by atoms with Crippen molar-refractivity contribution >= 4 is 60.3 Å². The second-order valence-electron chi connectivity index (χ2n) is 9.82.